The normalized spacial score (nSPS) is 27.3. The number of carbonyl (C=O) groups excluding carboxylic acids is 1. The fraction of sp³-hybridized carbons (Fsp3) is 0.842. The van der Waals surface area contributed by atoms with Crippen molar-refractivity contribution in [2.75, 3.05) is 6.61 Å². The number of hydrogen-bond donors (Lipinski definition) is 1. The number of fused-ring (bicyclic) bond motifs is 1. The van der Waals surface area contributed by atoms with Crippen molar-refractivity contribution in [2.45, 2.75) is 78.5 Å². The second-order valence-electron chi connectivity index (χ2n) is 8.19. The minimum absolute atomic E-state index is 0.0661. The van der Waals surface area contributed by atoms with Crippen molar-refractivity contribution >= 4 is 5.91 Å². The smallest absolute Gasteiger partial charge is 0.246 e. The molecule has 3 rings (SSSR count). The highest BCUT2D eigenvalue weighted by Gasteiger charge is 2.32. The predicted molar refractivity (Wildman–Crippen MR) is 96.0 cm³/mol. The van der Waals surface area contributed by atoms with Crippen molar-refractivity contribution < 1.29 is 9.53 Å². The van der Waals surface area contributed by atoms with Gasteiger partial charge in [-0.15, -0.1) is 10.2 Å². The first-order chi connectivity index (χ1) is 12.0. The maximum absolute atomic E-state index is 12.4. The number of ether oxygens (including phenoxy) is 1. The maximum Gasteiger partial charge on any atom is 0.246 e. The molecule has 25 heavy (non-hydrogen) atoms. The lowest BCUT2D eigenvalue weighted by atomic mass is 9.75. The van der Waals surface area contributed by atoms with Crippen LogP contribution < -0.4 is 5.32 Å². The van der Waals surface area contributed by atoms with Crippen LogP contribution in [0.15, 0.2) is 0 Å². The zero-order valence-corrected chi connectivity index (χ0v) is 16.0. The molecule has 0 unspecified atom stereocenters. The summed E-state index contributed by atoms with van der Waals surface area (Å²) in [7, 11) is 0. The summed E-state index contributed by atoms with van der Waals surface area (Å²) in [5, 5.41) is 11.5. The number of amides is 1. The van der Waals surface area contributed by atoms with E-state index in [0.717, 1.165) is 37.5 Å². The summed E-state index contributed by atoms with van der Waals surface area (Å²) < 4.78 is 8.17. The van der Waals surface area contributed by atoms with E-state index in [4.69, 9.17) is 4.74 Å². The molecule has 1 fully saturated rings. The van der Waals surface area contributed by atoms with Gasteiger partial charge < -0.3 is 14.6 Å². The minimum Gasteiger partial charge on any atom is -0.368 e. The molecule has 140 valence electrons. The van der Waals surface area contributed by atoms with Gasteiger partial charge in [-0.3, -0.25) is 4.79 Å². The summed E-state index contributed by atoms with van der Waals surface area (Å²) in [4.78, 5) is 12.4. The van der Waals surface area contributed by atoms with E-state index in [1.165, 1.54) is 12.8 Å². The van der Waals surface area contributed by atoms with Crippen LogP contribution in [0.5, 0.6) is 0 Å². The maximum atomic E-state index is 12.4. The van der Waals surface area contributed by atoms with Gasteiger partial charge in [0.15, 0.2) is 5.82 Å². The minimum atomic E-state index is -0.137. The van der Waals surface area contributed by atoms with Crippen LogP contribution >= 0.6 is 0 Å². The fourth-order valence-corrected chi connectivity index (χ4v) is 4.33. The van der Waals surface area contributed by atoms with Crippen molar-refractivity contribution in [3.8, 4) is 0 Å². The molecule has 1 aromatic rings. The second-order valence-corrected chi connectivity index (χ2v) is 8.19. The Hall–Kier alpha value is -1.43. The number of hydrogen-bond acceptors (Lipinski definition) is 4. The third-order valence-electron chi connectivity index (χ3n) is 5.79. The summed E-state index contributed by atoms with van der Waals surface area (Å²) in [6, 6.07) is -0.137. The van der Waals surface area contributed by atoms with Gasteiger partial charge in [-0.25, -0.2) is 0 Å². The average Bonchev–Trinajstić information content (AvgIpc) is 3.15. The number of carbonyl (C=O) groups is 1. The van der Waals surface area contributed by atoms with E-state index in [2.05, 4.69) is 40.9 Å². The molecule has 1 saturated carbocycles. The molecule has 0 aromatic carbocycles. The van der Waals surface area contributed by atoms with Crippen LogP contribution in [0.3, 0.4) is 0 Å². The lowest BCUT2D eigenvalue weighted by Crippen LogP contribution is -2.38. The summed E-state index contributed by atoms with van der Waals surface area (Å²) in [6.07, 6.45) is 5.81. The molecular formula is C19H32N4O2. The van der Waals surface area contributed by atoms with Crippen molar-refractivity contribution in [1.82, 2.24) is 20.1 Å². The van der Waals surface area contributed by atoms with E-state index in [1.807, 2.05) is 6.92 Å². The molecule has 2 heterocycles. The van der Waals surface area contributed by atoms with Crippen LogP contribution in [0.1, 0.15) is 71.1 Å². The van der Waals surface area contributed by atoms with Gasteiger partial charge in [0.05, 0.1) is 12.1 Å². The van der Waals surface area contributed by atoms with Crippen molar-refractivity contribution in [3.05, 3.63) is 11.6 Å². The van der Waals surface area contributed by atoms with Crippen LogP contribution in [-0.2, 0) is 22.5 Å². The number of rotatable bonds is 6. The van der Waals surface area contributed by atoms with Gasteiger partial charge >= 0.3 is 0 Å². The molecule has 6 heteroatoms. The van der Waals surface area contributed by atoms with Gasteiger partial charge in [0.2, 0.25) is 5.91 Å². The predicted octanol–water partition coefficient (Wildman–Crippen LogP) is 2.88. The highest BCUT2D eigenvalue weighted by atomic mass is 16.5. The number of aromatic nitrogens is 3. The molecule has 1 aromatic heterocycles. The summed E-state index contributed by atoms with van der Waals surface area (Å²) >= 11 is 0. The van der Waals surface area contributed by atoms with Crippen molar-refractivity contribution in [3.63, 3.8) is 0 Å². The molecule has 6 nitrogen and oxygen atoms in total. The Morgan fingerprint density at radius 3 is 2.88 bits per heavy atom. The quantitative estimate of drug-likeness (QED) is 0.858. The molecule has 0 radical (unpaired) electrons. The molecule has 1 aliphatic heterocycles. The zero-order chi connectivity index (χ0) is 18.0. The Balaban J connectivity index is 1.51. The Bertz CT molecular complexity index is 598. The molecule has 1 amide bonds. The largest absolute Gasteiger partial charge is 0.368 e. The summed E-state index contributed by atoms with van der Waals surface area (Å²) in [6.45, 7) is 9.83. The molecule has 0 saturated heterocycles. The Morgan fingerprint density at radius 2 is 2.12 bits per heavy atom. The van der Waals surface area contributed by atoms with E-state index < -0.39 is 0 Å². The number of nitrogens with one attached hydrogen (secondary N) is 1. The average molecular weight is 348 g/mol. The van der Waals surface area contributed by atoms with E-state index in [9.17, 15) is 4.79 Å². The van der Waals surface area contributed by atoms with Gasteiger partial charge in [0, 0.05) is 13.0 Å². The first-order valence-electron chi connectivity index (χ1n) is 9.78. The molecule has 4 atom stereocenters. The van der Waals surface area contributed by atoms with Crippen LogP contribution in [0, 0.1) is 17.8 Å². The molecule has 1 aliphatic carbocycles. The highest BCUT2D eigenvalue weighted by Crippen LogP contribution is 2.35. The highest BCUT2D eigenvalue weighted by molar-refractivity contribution is 5.77. The van der Waals surface area contributed by atoms with Gasteiger partial charge in [0.1, 0.15) is 12.4 Å². The fourth-order valence-electron chi connectivity index (χ4n) is 4.33. The SMILES string of the molecule is CC(C)[C@H]1CC[C@@H](C)C[C@H]1OCC(=O)N[C@@H](C)c1nnc2n1CCC2. The molecule has 0 spiro atoms. The Labute approximate surface area is 150 Å². The van der Waals surface area contributed by atoms with Crippen LogP contribution in [-0.4, -0.2) is 33.4 Å². The van der Waals surface area contributed by atoms with Gasteiger partial charge in [-0.05, 0) is 43.9 Å². The first-order valence-corrected chi connectivity index (χ1v) is 9.78. The van der Waals surface area contributed by atoms with Crippen LogP contribution in [0.2, 0.25) is 0 Å². The topological polar surface area (TPSA) is 69.0 Å². The molecule has 2 aliphatic rings. The lowest BCUT2D eigenvalue weighted by Gasteiger charge is -2.37. The van der Waals surface area contributed by atoms with Gasteiger partial charge in [0.25, 0.3) is 0 Å². The third kappa shape index (κ3) is 4.22. The van der Waals surface area contributed by atoms with Gasteiger partial charge in [-0.1, -0.05) is 27.2 Å². The molecule has 0 bridgehead atoms. The first kappa shape index (κ1) is 18.4. The molecule has 1 N–H and O–H groups in total. The lowest BCUT2D eigenvalue weighted by molar-refractivity contribution is -0.132. The third-order valence-corrected chi connectivity index (χ3v) is 5.79. The monoisotopic (exact) mass is 348 g/mol. The van der Waals surface area contributed by atoms with Crippen molar-refractivity contribution in [1.29, 1.82) is 0 Å². The summed E-state index contributed by atoms with van der Waals surface area (Å²) in [5.74, 6) is 3.65. The van der Waals surface area contributed by atoms with E-state index in [1.54, 1.807) is 0 Å². The van der Waals surface area contributed by atoms with E-state index >= 15 is 0 Å². The van der Waals surface area contributed by atoms with Crippen LogP contribution in [0.4, 0.5) is 0 Å². The van der Waals surface area contributed by atoms with Crippen LogP contribution in [0.25, 0.3) is 0 Å². The van der Waals surface area contributed by atoms with E-state index in [0.29, 0.717) is 17.8 Å². The van der Waals surface area contributed by atoms with Crippen molar-refractivity contribution in [2.24, 2.45) is 17.8 Å². The van der Waals surface area contributed by atoms with Gasteiger partial charge in [-0.2, -0.15) is 0 Å². The van der Waals surface area contributed by atoms with E-state index in [-0.39, 0.29) is 24.7 Å². The Morgan fingerprint density at radius 1 is 1.32 bits per heavy atom. The number of nitrogens with zero attached hydrogens (tertiary/aromatic N) is 3. The standard InChI is InChI=1S/C19H32N4O2/c1-12(2)15-8-7-13(3)10-16(15)25-11-18(24)20-14(4)19-22-21-17-6-5-9-23(17)19/h12-16H,5-11H2,1-4H3,(H,20,24)/t13-,14+,15-,16-/m1/s1. The Kier molecular flexibility index (Phi) is 5.77. The molecular weight excluding hydrogens is 316 g/mol. The number of aryl methyl sites for hydroxylation is 1. The second kappa shape index (κ2) is 7.85. The zero-order valence-electron chi connectivity index (χ0n) is 16.0. The summed E-state index contributed by atoms with van der Waals surface area (Å²) in [5.41, 5.74) is 0.